The third kappa shape index (κ3) is 1.18. The summed E-state index contributed by atoms with van der Waals surface area (Å²) in [7, 11) is 0. The molecule has 1 nitrogen and oxygen atoms in total. The zero-order valence-electron chi connectivity index (χ0n) is 5.94. The maximum Gasteiger partial charge on any atom is 0.149 e. The normalized spacial score (nSPS) is 33.3. The van der Waals surface area contributed by atoms with Crippen LogP contribution < -0.4 is 0 Å². The summed E-state index contributed by atoms with van der Waals surface area (Å²) in [6, 6.07) is 0. The molecule has 0 N–H and O–H groups in total. The molecule has 2 unspecified atom stereocenters. The van der Waals surface area contributed by atoms with Gasteiger partial charge in [-0.25, -0.2) is 0 Å². The molecule has 2 atom stereocenters. The lowest BCUT2D eigenvalue weighted by Crippen LogP contribution is -2.10. The highest BCUT2D eigenvalue weighted by atomic mass is 32.2. The first-order valence-electron chi connectivity index (χ1n) is 3.57. The van der Waals surface area contributed by atoms with E-state index in [4.69, 9.17) is 0 Å². The van der Waals surface area contributed by atoms with Crippen LogP contribution in [-0.4, -0.2) is 11.5 Å². The molecule has 2 rings (SSSR count). The van der Waals surface area contributed by atoms with Crippen molar-refractivity contribution in [3.63, 3.8) is 0 Å². The van der Waals surface area contributed by atoms with Crippen molar-refractivity contribution in [2.45, 2.75) is 5.25 Å². The maximum atomic E-state index is 10.4. The molecule has 11 heavy (non-hydrogen) atoms. The fourth-order valence-electron chi connectivity index (χ4n) is 1.31. The number of rotatable bonds is 1. The van der Waals surface area contributed by atoms with Gasteiger partial charge in [0.1, 0.15) is 6.29 Å². The fourth-order valence-corrected chi connectivity index (χ4v) is 2.29. The number of carbonyl (C=O) groups excluding carboxylic acids is 1. The molecule has 0 fully saturated rings. The molecule has 0 amide bonds. The van der Waals surface area contributed by atoms with E-state index in [1.807, 2.05) is 23.9 Å². The van der Waals surface area contributed by atoms with E-state index >= 15 is 0 Å². The van der Waals surface area contributed by atoms with Gasteiger partial charge in [0.05, 0.1) is 0 Å². The van der Waals surface area contributed by atoms with Crippen LogP contribution in [0.25, 0.3) is 0 Å². The predicted molar refractivity (Wildman–Crippen MR) is 47.3 cm³/mol. The van der Waals surface area contributed by atoms with Crippen LogP contribution in [0.4, 0.5) is 0 Å². The van der Waals surface area contributed by atoms with Gasteiger partial charge >= 0.3 is 0 Å². The smallest absolute Gasteiger partial charge is 0.149 e. The molecular formula is C9H8OS. The van der Waals surface area contributed by atoms with E-state index in [2.05, 4.69) is 17.6 Å². The Kier molecular flexibility index (Phi) is 1.70. The van der Waals surface area contributed by atoms with Crippen LogP contribution >= 0.6 is 11.8 Å². The standard InChI is InChI=1S/C9H8OS/c10-6-7-1-2-9-8(5-7)3-4-11-9/h1-6,8-9H. The van der Waals surface area contributed by atoms with Gasteiger partial charge in [-0.15, -0.1) is 11.8 Å². The van der Waals surface area contributed by atoms with Gasteiger partial charge in [0, 0.05) is 16.7 Å². The minimum absolute atomic E-state index is 0.449. The lowest BCUT2D eigenvalue weighted by atomic mass is 9.97. The van der Waals surface area contributed by atoms with Crippen LogP contribution in [-0.2, 0) is 4.79 Å². The van der Waals surface area contributed by atoms with Gasteiger partial charge in [-0.2, -0.15) is 0 Å². The molecule has 1 aliphatic heterocycles. The van der Waals surface area contributed by atoms with E-state index in [0.29, 0.717) is 11.2 Å². The van der Waals surface area contributed by atoms with Crippen LogP contribution in [0.3, 0.4) is 0 Å². The second-order valence-corrected chi connectivity index (χ2v) is 3.74. The average Bonchev–Trinajstić information content (AvgIpc) is 2.50. The van der Waals surface area contributed by atoms with Crippen LogP contribution in [0.1, 0.15) is 0 Å². The summed E-state index contributed by atoms with van der Waals surface area (Å²) in [5.74, 6) is 0.449. The van der Waals surface area contributed by atoms with Crippen molar-refractivity contribution in [3.8, 4) is 0 Å². The zero-order valence-corrected chi connectivity index (χ0v) is 6.75. The summed E-state index contributed by atoms with van der Waals surface area (Å²) < 4.78 is 0. The van der Waals surface area contributed by atoms with Gasteiger partial charge in [0.15, 0.2) is 0 Å². The highest BCUT2D eigenvalue weighted by Crippen LogP contribution is 2.34. The zero-order chi connectivity index (χ0) is 7.68. The van der Waals surface area contributed by atoms with E-state index in [-0.39, 0.29) is 0 Å². The van der Waals surface area contributed by atoms with Gasteiger partial charge in [-0.1, -0.05) is 24.3 Å². The molecule has 1 heterocycles. The van der Waals surface area contributed by atoms with Crippen LogP contribution in [0.2, 0.25) is 0 Å². The highest BCUT2D eigenvalue weighted by Gasteiger charge is 2.21. The van der Waals surface area contributed by atoms with Crippen molar-refractivity contribution in [1.29, 1.82) is 0 Å². The molecule has 56 valence electrons. The van der Waals surface area contributed by atoms with Crippen LogP contribution in [0, 0.1) is 5.92 Å². The van der Waals surface area contributed by atoms with Crippen molar-refractivity contribution in [2.75, 3.05) is 0 Å². The Morgan fingerprint density at radius 2 is 2.36 bits per heavy atom. The summed E-state index contributed by atoms with van der Waals surface area (Å²) in [6.07, 6.45) is 9.06. The third-order valence-electron chi connectivity index (χ3n) is 1.92. The van der Waals surface area contributed by atoms with E-state index in [1.165, 1.54) is 0 Å². The van der Waals surface area contributed by atoms with Crippen molar-refractivity contribution in [2.24, 2.45) is 5.92 Å². The summed E-state index contributed by atoms with van der Waals surface area (Å²) >= 11 is 1.81. The van der Waals surface area contributed by atoms with Crippen molar-refractivity contribution in [3.05, 3.63) is 35.3 Å². The number of thioether (sulfide) groups is 1. The topological polar surface area (TPSA) is 17.1 Å². The summed E-state index contributed by atoms with van der Waals surface area (Å²) in [5, 5.41) is 2.64. The third-order valence-corrected chi connectivity index (χ3v) is 3.02. The molecule has 1 aliphatic carbocycles. The predicted octanol–water partition coefficient (Wildman–Crippen LogP) is 1.93. The summed E-state index contributed by atoms with van der Waals surface area (Å²) in [5.41, 5.74) is 0.804. The van der Waals surface area contributed by atoms with Crippen LogP contribution in [0.15, 0.2) is 35.3 Å². The maximum absolute atomic E-state index is 10.4. The quantitative estimate of drug-likeness (QED) is 0.551. The minimum atomic E-state index is 0.449. The van der Waals surface area contributed by atoms with Crippen molar-refractivity contribution >= 4 is 18.0 Å². The number of hydrogen-bond donors (Lipinski definition) is 0. The lowest BCUT2D eigenvalue weighted by Gasteiger charge is -2.14. The molecule has 0 spiro atoms. The highest BCUT2D eigenvalue weighted by molar-refractivity contribution is 8.03. The minimum Gasteiger partial charge on any atom is -0.298 e. The first kappa shape index (κ1) is 6.92. The van der Waals surface area contributed by atoms with E-state index in [1.54, 1.807) is 0 Å². The Bertz CT molecular complexity index is 263. The van der Waals surface area contributed by atoms with Gasteiger partial charge in [0.25, 0.3) is 0 Å². The molecule has 0 aromatic rings. The Morgan fingerprint density at radius 1 is 1.45 bits per heavy atom. The monoisotopic (exact) mass is 164 g/mol. The second-order valence-electron chi connectivity index (χ2n) is 2.65. The Labute approximate surface area is 69.9 Å². The van der Waals surface area contributed by atoms with E-state index in [9.17, 15) is 4.79 Å². The Morgan fingerprint density at radius 3 is 3.18 bits per heavy atom. The molecule has 0 saturated carbocycles. The van der Waals surface area contributed by atoms with Gasteiger partial charge in [0.2, 0.25) is 0 Å². The van der Waals surface area contributed by atoms with Crippen molar-refractivity contribution < 1.29 is 4.79 Å². The SMILES string of the molecule is O=CC1=CC2C=CSC2C=C1. The molecule has 0 radical (unpaired) electrons. The van der Waals surface area contributed by atoms with Crippen molar-refractivity contribution in [1.82, 2.24) is 0 Å². The second kappa shape index (κ2) is 2.70. The Hall–Kier alpha value is -0.760. The number of aldehydes is 1. The molecule has 0 bridgehead atoms. The molecule has 2 heteroatoms. The first-order chi connectivity index (χ1) is 5.40. The molecule has 2 aliphatic rings. The number of allylic oxidation sites excluding steroid dienone is 4. The first-order valence-corrected chi connectivity index (χ1v) is 4.52. The van der Waals surface area contributed by atoms with Crippen LogP contribution in [0.5, 0.6) is 0 Å². The lowest BCUT2D eigenvalue weighted by molar-refractivity contribution is -0.104. The van der Waals surface area contributed by atoms with E-state index < -0.39 is 0 Å². The molecule has 0 aromatic carbocycles. The molecule has 0 aromatic heterocycles. The number of fused-ring (bicyclic) bond motifs is 1. The fraction of sp³-hybridized carbons (Fsp3) is 0.222. The largest absolute Gasteiger partial charge is 0.298 e. The van der Waals surface area contributed by atoms with E-state index in [0.717, 1.165) is 11.9 Å². The Balaban J connectivity index is 2.26. The number of hydrogen-bond acceptors (Lipinski definition) is 2. The van der Waals surface area contributed by atoms with Gasteiger partial charge < -0.3 is 0 Å². The summed E-state index contributed by atoms with van der Waals surface area (Å²) in [6.45, 7) is 0. The van der Waals surface area contributed by atoms with Gasteiger partial charge in [-0.05, 0) is 5.41 Å². The van der Waals surface area contributed by atoms with Gasteiger partial charge in [-0.3, -0.25) is 4.79 Å². The molecule has 0 saturated heterocycles. The number of carbonyl (C=O) groups is 1. The molecular weight excluding hydrogens is 156 g/mol. The summed E-state index contributed by atoms with van der Waals surface area (Å²) in [4.78, 5) is 10.4. The average molecular weight is 164 g/mol.